The molecule has 134 valence electrons. The summed E-state index contributed by atoms with van der Waals surface area (Å²) in [7, 11) is -3.40. The molecular formula is C17H25BrN2O3S. The second-order valence-corrected chi connectivity index (χ2v) is 9.40. The van der Waals surface area contributed by atoms with Gasteiger partial charge in [-0.15, -0.1) is 0 Å². The summed E-state index contributed by atoms with van der Waals surface area (Å²) in [4.78, 5) is 2.71. The molecule has 3 rings (SSSR count). The van der Waals surface area contributed by atoms with Crippen molar-refractivity contribution in [3.8, 4) is 0 Å². The molecular weight excluding hydrogens is 392 g/mol. The third-order valence-electron chi connectivity index (χ3n) is 4.83. The fourth-order valence-electron chi connectivity index (χ4n) is 3.32. The third-order valence-corrected chi connectivity index (χ3v) is 7.62. The van der Waals surface area contributed by atoms with E-state index in [0.717, 1.165) is 49.1 Å². The van der Waals surface area contributed by atoms with E-state index in [2.05, 4.69) is 20.8 Å². The lowest BCUT2D eigenvalue weighted by molar-refractivity contribution is -0.0103. The first-order valence-corrected chi connectivity index (χ1v) is 10.8. The Morgan fingerprint density at radius 3 is 2.58 bits per heavy atom. The number of benzene rings is 1. The third kappa shape index (κ3) is 4.19. The number of ether oxygens (including phenoxy) is 1. The van der Waals surface area contributed by atoms with Gasteiger partial charge in [-0.1, -0.05) is 15.9 Å². The molecule has 1 atom stereocenters. The van der Waals surface area contributed by atoms with Crippen molar-refractivity contribution in [3.63, 3.8) is 0 Å². The minimum absolute atomic E-state index is 0.316. The molecule has 0 N–H and O–H groups in total. The summed E-state index contributed by atoms with van der Waals surface area (Å²) in [6.45, 7) is 6.33. The largest absolute Gasteiger partial charge is 0.377 e. The molecule has 2 fully saturated rings. The Labute approximate surface area is 153 Å². The van der Waals surface area contributed by atoms with Crippen molar-refractivity contribution in [1.82, 2.24) is 9.21 Å². The summed E-state index contributed by atoms with van der Waals surface area (Å²) in [5, 5.41) is 0. The van der Waals surface area contributed by atoms with Crippen LogP contribution in [0, 0.1) is 6.92 Å². The van der Waals surface area contributed by atoms with Gasteiger partial charge < -0.3 is 4.74 Å². The molecule has 1 aromatic rings. The summed E-state index contributed by atoms with van der Waals surface area (Å²) in [5.41, 5.74) is 0.934. The van der Waals surface area contributed by atoms with Gasteiger partial charge in [0.05, 0.1) is 11.0 Å². The molecule has 1 aromatic carbocycles. The van der Waals surface area contributed by atoms with Crippen LogP contribution < -0.4 is 0 Å². The molecule has 2 aliphatic rings. The van der Waals surface area contributed by atoms with Crippen LogP contribution in [0.2, 0.25) is 0 Å². The van der Waals surface area contributed by atoms with Gasteiger partial charge in [0.2, 0.25) is 10.0 Å². The maximum absolute atomic E-state index is 12.8. The highest BCUT2D eigenvalue weighted by atomic mass is 79.9. The number of sulfonamides is 1. The molecule has 7 heteroatoms. The maximum Gasteiger partial charge on any atom is 0.243 e. The monoisotopic (exact) mass is 416 g/mol. The van der Waals surface area contributed by atoms with E-state index < -0.39 is 10.0 Å². The molecule has 0 saturated carbocycles. The van der Waals surface area contributed by atoms with Crippen LogP contribution >= 0.6 is 15.9 Å². The molecule has 0 radical (unpaired) electrons. The van der Waals surface area contributed by atoms with E-state index in [4.69, 9.17) is 4.74 Å². The number of piperazine rings is 1. The highest BCUT2D eigenvalue weighted by Crippen LogP contribution is 2.24. The quantitative estimate of drug-likeness (QED) is 0.756. The van der Waals surface area contributed by atoms with Crippen molar-refractivity contribution in [2.45, 2.75) is 37.2 Å². The Morgan fingerprint density at radius 2 is 1.96 bits per heavy atom. The Hall–Kier alpha value is -0.470. The van der Waals surface area contributed by atoms with Crippen LogP contribution in [0.1, 0.15) is 24.8 Å². The van der Waals surface area contributed by atoms with Gasteiger partial charge in [-0.05, 0) is 49.9 Å². The summed E-state index contributed by atoms with van der Waals surface area (Å²) < 4.78 is 34.0. The van der Waals surface area contributed by atoms with Crippen molar-refractivity contribution in [2.75, 3.05) is 39.3 Å². The van der Waals surface area contributed by atoms with Crippen LogP contribution in [-0.4, -0.2) is 63.1 Å². The van der Waals surface area contributed by atoms with E-state index in [0.29, 0.717) is 24.1 Å². The van der Waals surface area contributed by atoms with E-state index in [9.17, 15) is 8.42 Å². The molecule has 0 unspecified atom stereocenters. The van der Waals surface area contributed by atoms with Gasteiger partial charge in [-0.25, -0.2) is 8.42 Å². The van der Waals surface area contributed by atoms with Gasteiger partial charge in [0.15, 0.2) is 0 Å². The van der Waals surface area contributed by atoms with Crippen molar-refractivity contribution in [2.24, 2.45) is 0 Å². The minimum Gasteiger partial charge on any atom is -0.377 e. The number of halogens is 1. The maximum atomic E-state index is 12.8. The van der Waals surface area contributed by atoms with Gasteiger partial charge in [-0.3, -0.25) is 4.90 Å². The van der Waals surface area contributed by atoms with Crippen LogP contribution in [0.4, 0.5) is 0 Å². The molecule has 2 aliphatic heterocycles. The van der Waals surface area contributed by atoms with Crippen LogP contribution in [0.3, 0.4) is 0 Å². The normalized spacial score (nSPS) is 24.2. The molecule has 2 heterocycles. The smallest absolute Gasteiger partial charge is 0.243 e. The van der Waals surface area contributed by atoms with Crippen molar-refractivity contribution < 1.29 is 13.2 Å². The zero-order valence-electron chi connectivity index (χ0n) is 14.1. The van der Waals surface area contributed by atoms with Crippen molar-refractivity contribution >= 4 is 26.0 Å². The zero-order valence-corrected chi connectivity index (χ0v) is 16.5. The zero-order chi connectivity index (χ0) is 17.2. The van der Waals surface area contributed by atoms with Gasteiger partial charge in [0.25, 0.3) is 0 Å². The second-order valence-electron chi connectivity index (χ2n) is 6.60. The van der Waals surface area contributed by atoms with Crippen LogP contribution in [0.5, 0.6) is 0 Å². The minimum atomic E-state index is -3.40. The number of nitrogens with zero attached hydrogens (tertiary/aromatic N) is 2. The summed E-state index contributed by atoms with van der Waals surface area (Å²) in [6.07, 6.45) is 3.84. The van der Waals surface area contributed by atoms with Crippen molar-refractivity contribution in [3.05, 3.63) is 28.2 Å². The second kappa shape index (κ2) is 7.83. The SMILES string of the molecule is Cc1cc(S(=O)(=O)N2CCN(C[C@H]3CCCCO3)CC2)ccc1Br. The van der Waals surface area contributed by atoms with E-state index in [1.54, 1.807) is 22.5 Å². The average Bonchev–Trinajstić information content (AvgIpc) is 2.58. The number of hydrogen-bond acceptors (Lipinski definition) is 4. The molecule has 0 aliphatic carbocycles. The first-order chi connectivity index (χ1) is 11.5. The Morgan fingerprint density at radius 1 is 1.21 bits per heavy atom. The predicted octanol–water partition coefficient (Wildman–Crippen LogP) is 2.63. The van der Waals surface area contributed by atoms with E-state index in [1.165, 1.54) is 6.42 Å². The van der Waals surface area contributed by atoms with Gasteiger partial charge >= 0.3 is 0 Å². The molecule has 0 bridgehead atoms. The summed E-state index contributed by atoms with van der Waals surface area (Å²) in [5.74, 6) is 0. The summed E-state index contributed by atoms with van der Waals surface area (Å²) in [6, 6.07) is 5.22. The molecule has 2 saturated heterocycles. The molecule has 0 aromatic heterocycles. The lowest BCUT2D eigenvalue weighted by Gasteiger charge is -2.36. The fourth-order valence-corrected chi connectivity index (χ4v) is 5.07. The summed E-state index contributed by atoms with van der Waals surface area (Å²) >= 11 is 3.42. The fraction of sp³-hybridized carbons (Fsp3) is 0.647. The van der Waals surface area contributed by atoms with Gasteiger partial charge in [-0.2, -0.15) is 4.31 Å². The van der Waals surface area contributed by atoms with Crippen LogP contribution in [0.15, 0.2) is 27.6 Å². The van der Waals surface area contributed by atoms with Gasteiger partial charge in [0.1, 0.15) is 0 Å². The average molecular weight is 417 g/mol. The van der Waals surface area contributed by atoms with E-state index in [-0.39, 0.29) is 0 Å². The predicted molar refractivity (Wildman–Crippen MR) is 97.7 cm³/mol. The highest BCUT2D eigenvalue weighted by molar-refractivity contribution is 9.10. The van der Waals surface area contributed by atoms with E-state index >= 15 is 0 Å². The lowest BCUT2D eigenvalue weighted by atomic mass is 10.1. The van der Waals surface area contributed by atoms with Crippen molar-refractivity contribution in [1.29, 1.82) is 0 Å². The van der Waals surface area contributed by atoms with Crippen LogP contribution in [0.25, 0.3) is 0 Å². The number of hydrogen-bond donors (Lipinski definition) is 0. The molecule has 0 amide bonds. The topological polar surface area (TPSA) is 49.9 Å². The first-order valence-electron chi connectivity index (χ1n) is 8.57. The van der Waals surface area contributed by atoms with Gasteiger partial charge in [0, 0.05) is 43.8 Å². The molecule has 24 heavy (non-hydrogen) atoms. The molecule has 0 spiro atoms. The number of rotatable bonds is 4. The number of aryl methyl sites for hydroxylation is 1. The Kier molecular flexibility index (Phi) is 5.98. The highest BCUT2D eigenvalue weighted by Gasteiger charge is 2.29. The first kappa shape index (κ1) is 18.3. The lowest BCUT2D eigenvalue weighted by Crippen LogP contribution is -2.50. The molecule has 5 nitrogen and oxygen atoms in total. The standard InChI is InChI=1S/C17H25BrN2O3S/c1-14-12-16(5-6-17(14)18)24(21,22)20-9-7-19(8-10-20)13-15-4-2-3-11-23-15/h5-6,12,15H,2-4,7-11,13H2,1H3/t15-/m1/s1. The van der Waals surface area contributed by atoms with Crippen LogP contribution in [-0.2, 0) is 14.8 Å². The van der Waals surface area contributed by atoms with E-state index in [1.807, 2.05) is 6.92 Å². The Balaban J connectivity index is 1.59. The Bertz CT molecular complexity index is 666.